The van der Waals surface area contributed by atoms with Crippen LogP contribution in [0, 0.1) is 11.7 Å². The summed E-state index contributed by atoms with van der Waals surface area (Å²) in [4.78, 5) is 7.36. The summed E-state index contributed by atoms with van der Waals surface area (Å²) >= 11 is 0. The summed E-state index contributed by atoms with van der Waals surface area (Å²) in [6.07, 6.45) is 3.22. The number of anilines is 2. The van der Waals surface area contributed by atoms with Gasteiger partial charge in [-0.1, -0.05) is 0 Å². The van der Waals surface area contributed by atoms with Crippen LogP contribution in [0.15, 0.2) is 6.20 Å². The van der Waals surface area contributed by atoms with Crippen molar-refractivity contribution >= 4 is 11.8 Å². The maximum absolute atomic E-state index is 13.2. The van der Waals surface area contributed by atoms with Gasteiger partial charge in [-0.15, -0.1) is 0 Å². The van der Waals surface area contributed by atoms with Crippen molar-refractivity contribution in [3.05, 3.63) is 12.0 Å². The van der Waals surface area contributed by atoms with Crippen LogP contribution in [-0.2, 0) is 4.74 Å². The number of hydrogen-bond donors (Lipinski definition) is 2. The lowest BCUT2D eigenvalue weighted by Crippen LogP contribution is -2.25. The average molecular weight is 226 g/mol. The van der Waals surface area contributed by atoms with Crippen LogP contribution in [0.2, 0.25) is 0 Å². The fraction of sp³-hybridized carbons (Fsp3) is 0.600. The minimum atomic E-state index is -0.481. The fourth-order valence-corrected chi connectivity index (χ4v) is 1.71. The molecule has 2 rings (SSSR count). The van der Waals surface area contributed by atoms with Crippen LogP contribution < -0.4 is 11.1 Å². The topological polar surface area (TPSA) is 73.1 Å². The van der Waals surface area contributed by atoms with Crippen LogP contribution in [-0.4, -0.2) is 29.7 Å². The molecule has 88 valence electrons. The first-order valence-corrected chi connectivity index (χ1v) is 5.35. The van der Waals surface area contributed by atoms with E-state index >= 15 is 0 Å². The second-order valence-corrected chi connectivity index (χ2v) is 3.89. The largest absolute Gasteiger partial charge is 0.381 e. The summed E-state index contributed by atoms with van der Waals surface area (Å²) in [6.45, 7) is 2.19. The third-order valence-corrected chi connectivity index (χ3v) is 2.58. The Morgan fingerprint density at radius 1 is 1.62 bits per heavy atom. The van der Waals surface area contributed by atoms with Gasteiger partial charge >= 0.3 is 0 Å². The Labute approximate surface area is 93.2 Å². The molecule has 1 saturated heterocycles. The molecule has 1 unspecified atom stereocenters. The number of halogens is 1. The molecule has 0 aliphatic carbocycles. The molecule has 1 aromatic rings. The molecule has 1 aliphatic rings. The molecular formula is C10H15FN4O. The number of ether oxygens (including phenoxy) is 1. The van der Waals surface area contributed by atoms with Gasteiger partial charge in [0.1, 0.15) is 0 Å². The van der Waals surface area contributed by atoms with Gasteiger partial charge in [0.2, 0.25) is 5.95 Å². The predicted octanol–water partition coefficient (Wildman–Crippen LogP) is 1.04. The van der Waals surface area contributed by atoms with E-state index in [1.165, 1.54) is 0 Å². The maximum atomic E-state index is 13.2. The molecule has 1 aromatic heterocycles. The fourth-order valence-electron chi connectivity index (χ4n) is 1.71. The van der Waals surface area contributed by atoms with Crippen molar-refractivity contribution in [1.29, 1.82) is 0 Å². The Hall–Kier alpha value is -1.43. The lowest BCUT2D eigenvalue weighted by atomic mass is 10.0. The van der Waals surface area contributed by atoms with Gasteiger partial charge in [0.15, 0.2) is 11.6 Å². The Bertz CT molecular complexity index is 355. The van der Waals surface area contributed by atoms with Crippen molar-refractivity contribution in [3.63, 3.8) is 0 Å². The van der Waals surface area contributed by atoms with Crippen molar-refractivity contribution in [2.45, 2.75) is 12.8 Å². The zero-order chi connectivity index (χ0) is 11.4. The Balaban J connectivity index is 1.90. The second-order valence-electron chi connectivity index (χ2n) is 3.89. The van der Waals surface area contributed by atoms with Gasteiger partial charge < -0.3 is 15.8 Å². The number of nitrogen functional groups attached to an aromatic ring is 1. The standard InChI is InChI=1S/C10H15FN4O/c11-8-5-14-10(12)15-9(8)13-4-7-2-1-3-16-6-7/h5,7H,1-4,6H2,(H3,12,13,14,15). The Kier molecular flexibility index (Phi) is 3.51. The number of nitrogens with two attached hydrogens (primary N) is 1. The number of nitrogens with zero attached hydrogens (tertiary/aromatic N) is 2. The first-order valence-electron chi connectivity index (χ1n) is 5.35. The van der Waals surface area contributed by atoms with E-state index in [2.05, 4.69) is 15.3 Å². The predicted molar refractivity (Wildman–Crippen MR) is 58.4 cm³/mol. The molecule has 1 fully saturated rings. The van der Waals surface area contributed by atoms with Gasteiger partial charge in [0.25, 0.3) is 0 Å². The summed E-state index contributed by atoms with van der Waals surface area (Å²) in [5.74, 6) is 0.164. The minimum absolute atomic E-state index is 0.0730. The van der Waals surface area contributed by atoms with E-state index in [0.29, 0.717) is 12.5 Å². The summed E-state index contributed by atoms with van der Waals surface area (Å²) < 4.78 is 18.6. The highest BCUT2D eigenvalue weighted by atomic mass is 19.1. The molecule has 1 aliphatic heterocycles. The Morgan fingerprint density at radius 3 is 3.25 bits per heavy atom. The molecule has 0 aromatic carbocycles. The third kappa shape index (κ3) is 2.79. The first-order chi connectivity index (χ1) is 7.75. The van der Waals surface area contributed by atoms with Crippen molar-refractivity contribution in [1.82, 2.24) is 9.97 Å². The first kappa shape index (κ1) is 11.1. The normalized spacial score (nSPS) is 20.7. The second kappa shape index (κ2) is 5.07. The molecule has 1 atom stereocenters. The van der Waals surface area contributed by atoms with E-state index in [1.54, 1.807) is 0 Å². The Morgan fingerprint density at radius 2 is 2.50 bits per heavy atom. The van der Waals surface area contributed by atoms with Crippen LogP contribution >= 0.6 is 0 Å². The zero-order valence-electron chi connectivity index (χ0n) is 8.95. The van der Waals surface area contributed by atoms with Gasteiger partial charge in [-0.3, -0.25) is 0 Å². The lowest BCUT2D eigenvalue weighted by molar-refractivity contribution is 0.0594. The van der Waals surface area contributed by atoms with E-state index in [4.69, 9.17) is 10.5 Å². The van der Waals surface area contributed by atoms with Crippen molar-refractivity contribution in [2.75, 3.05) is 30.8 Å². The number of nitrogens with one attached hydrogen (secondary N) is 1. The van der Waals surface area contributed by atoms with E-state index in [-0.39, 0.29) is 11.8 Å². The third-order valence-electron chi connectivity index (χ3n) is 2.58. The molecule has 5 nitrogen and oxygen atoms in total. The van der Waals surface area contributed by atoms with E-state index in [1.807, 2.05) is 0 Å². The van der Waals surface area contributed by atoms with E-state index in [9.17, 15) is 4.39 Å². The molecule has 6 heteroatoms. The van der Waals surface area contributed by atoms with E-state index in [0.717, 1.165) is 32.3 Å². The summed E-state index contributed by atoms with van der Waals surface area (Å²) in [6, 6.07) is 0. The van der Waals surface area contributed by atoms with Crippen LogP contribution in [0.4, 0.5) is 16.2 Å². The van der Waals surface area contributed by atoms with Crippen LogP contribution in [0.1, 0.15) is 12.8 Å². The smallest absolute Gasteiger partial charge is 0.222 e. The lowest BCUT2D eigenvalue weighted by Gasteiger charge is -2.22. The van der Waals surface area contributed by atoms with Gasteiger partial charge in [-0.05, 0) is 18.8 Å². The molecule has 0 spiro atoms. The molecular weight excluding hydrogens is 211 g/mol. The highest BCUT2D eigenvalue weighted by molar-refractivity contribution is 5.39. The molecule has 3 N–H and O–H groups in total. The SMILES string of the molecule is Nc1ncc(F)c(NCC2CCCOC2)n1. The number of hydrogen-bond acceptors (Lipinski definition) is 5. The van der Waals surface area contributed by atoms with Gasteiger partial charge in [0.05, 0.1) is 12.8 Å². The molecule has 0 amide bonds. The van der Waals surface area contributed by atoms with Crippen molar-refractivity contribution in [3.8, 4) is 0 Å². The molecule has 0 radical (unpaired) electrons. The molecule has 2 heterocycles. The van der Waals surface area contributed by atoms with Crippen molar-refractivity contribution in [2.24, 2.45) is 5.92 Å². The van der Waals surface area contributed by atoms with E-state index < -0.39 is 5.82 Å². The van der Waals surface area contributed by atoms with Gasteiger partial charge in [-0.25, -0.2) is 9.37 Å². The molecule has 16 heavy (non-hydrogen) atoms. The van der Waals surface area contributed by atoms with Crippen molar-refractivity contribution < 1.29 is 9.13 Å². The van der Waals surface area contributed by atoms with Gasteiger partial charge in [0, 0.05) is 13.2 Å². The van der Waals surface area contributed by atoms with Gasteiger partial charge in [-0.2, -0.15) is 4.98 Å². The highest BCUT2D eigenvalue weighted by Crippen LogP contribution is 2.16. The number of rotatable bonds is 3. The average Bonchev–Trinajstić information content (AvgIpc) is 2.32. The van der Waals surface area contributed by atoms with Crippen LogP contribution in [0.25, 0.3) is 0 Å². The van der Waals surface area contributed by atoms with Crippen LogP contribution in [0.5, 0.6) is 0 Å². The summed E-state index contributed by atoms with van der Waals surface area (Å²) in [5, 5.41) is 2.94. The summed E-state index contributed by atoms with van der Waals surface area (Å²) in [5.41, 5.74) is 5.38. The minimum Gasteiger partial charge on any atom is -0.381 e. The molecule has 0 bridgehead atoms. The quantitative estimate of drug-likeness (QED) is 0.805. The number of aromatic nitrogens is 2. The zero-order valence-corrected chi connectivity index (χ0v) is 8.95. The van der Waals surface area contributed by atoms with Crippen LogP contribution in [0.3, 0.4) is 0 Å². The molecule has 0 saturated carbocycles. The maximum Gasteiger partial charge on any atom is 0.222 e. The monoisotopic (exact) mass is 226 g/mol. The summed E-state index contributed by atoms with van der Waals surface area (Å²) in [7, 11) is 0. The highest BCUT2D eigenvalue weighted by Gasteiger charge is 2.14.